The molecule has 0 fully saturated rings. The van der Waals surface area contributed by atoms with Crippen molar-refractivity contribution in [2.75, 3.05) is 13.2 Å². The van der Waals surface area contributed by atoms with Crippen LogP contribution in [0.2, 0.25) is 0 Å². The Morgan fingerprint density at radius 3 is 3.17 bits per heavy atom. The lowest BCUT2D eigenvalue weighted by Gasteiger charge is -2.15. The molecule has 1 heterocycles. The summed E-state index contributed by atoms with van der Waals surface area (Å²) in [6, 6.07) is 7.79. The molecular formula is C13H16N3O2+. The Balaban J connectivity index is 1.97. The maximum atomic E-state index is 11.2. The van der Waals surface area contributed by atoms with Crippen LogP contribution in [0.1, 0.15) is 12.0 Å². The van der Waals surface area contributed by atoms with Gasteiger partial charge in [0.15, 0.2) is 0 Å². The summed E-state index contributed by atoms with van der Waals surface area (Å²) in [5.41, 5.74) is 8.00. The van der Waals surface area contributed by atoms with Crippen LogP contribution in [0, 0.1) is 0 Å². The highest BCUT2D eigenvalue weighted by molar-refractivity contribution is 5.88. The van der Waals surface area contributed by atoms with E-state index in [1.54, 1.807) is 6.21 Å². The Morgan fingerprint density at radius 1 is 1.50 bits per heavy atom. The van der Waals surface area contributed by atoms with Crippen LogP contribution in [-0.2, 0) is 4.79 Å². The molecule has 5 heteroatoms. The minimum absolute atomic E-state index is 0.126. The zero-order valence-electron chi connectivity index (χ0n) is 10.1. The highest BCUT2D eigenvalue weighted by Gasteiger charge is 2.08. The number of hydrogen-bond donors (Lipinski definition) is 2. The van der Waals surface area contributed by atoms with Crippen LogP contribution in [0.4, 0.5) is 0 Å². The molecule has 1 aliphatic rings. The first-order valence-electron chi connectivity index (χ1n) is 5.83. The van der Waals surface area contributed by atoms with E-state index in [-0.39, 0.29) is 5.91 Å². The number of hydrazone groups is 1. The molecule has 1 amide bonds. The van der Waals surface area contributed by atoms with Crippen molar-refractivity contribution in [1.29, 1.82) is 0 Å². The summed E-state index contributed by atoms with van der Waals surface area (Å²) in [4.78, 5) is 11.2. The molecule has 94 valence electrons. The molecule has 0 aliphatic carbocycles. The van der Waals surface area contributed by atoms with E-state index in [1.165, 1.54) is 0 Å². The quantitative estimate of drug-likeness (QED) is 0.588. The lowest BCUT2D eigenvalue weighted by molar-refractivity contribution is -0.366. The normalized spacial score (nSPS) is 13.7. The highest BCUT2D eigenvalue weighted by Crippen LogP contribution is 2.24. The number of para-hydroxylation sites is 1. The molecular weight excluding hydrogens is 230 g/mol. The van der Waals surface area contributed by atoms with Crippen molar-refractivity contribution in [3.63, 3.8) is 0 Å². The zero-order chi connectivity index (χ0) is 12.8. The second kappa shape index (κ2) is 5.97. The summed E-state index contributed by atoms with van der Waals surface area (Å²) >= 11 is 0. The van der Waals surface area contributed by atoms with Crippen molar-refractivity contribution in [2.45, 2.75) is 6.42 Å². The molecule has 4 N–H and O–H groups in total. The largest absolute Gasteiger partial charge is 0.488 e. The standard InChI is InChI=1S/C13H15N3O2/c14-6-5-13(17)16-15-8-10-7-11-3-1-2-4-12(11)18-9-10/h1-4,7-8H,5-6,9,14H2,(H,16,17)/p+1/b15-8-. The summed E-state index contributed by atoms with van der Waals surface area (Å²) in [6.07, 6.45) is 3.99. The molecule has 1 aromatic carbocycles. The third-order valence-corrected chi connectivity index (χ3v) is 2.48. The van der Waals surface area contributed by atoms with Gasteiger partial charge in [0.2, 0.25) is 5.91 Å². The van der Waals surface area contributed by atoms with Gasteiger partial charge in [-0.05, 0) is 12.1 Å². The molecule has 0 atom stereocenters. The Labute approximate surface area is 105 Å². The summed E-state index contributed by atoms with van der Waals surface area (Å²) in [7, 11) is 0. The molecule has 0 aromatic heterocycles. The van der Waals surface area contributed by atoms with Gasteiger partial charge in [-0.3, -0.25) is 4.79 Å². The van der Waals surface area contributed by atoms with Gasteiger partial charge in [-0.2, -0.15) is 5.10 Å². The summed E-state index contributed by atoms with van der Waals surface area (Å²) in [5, 5.41) is 3.89. The Bertz CT molecular complexity index is 495. The second-order valence-electron chi connectivity index (χ2n) is 3.94. The van der Waals surface area contributed by atoms with Crippen LogP contribution in [-0.4, -0.2) is 25.3 Å². The van der Waals surface area contributed by atoms with E-state index in [1.807, 2.05) is 30.3 Å². The number of amides is 1. The fourth-order valence-electron chi connectivity index (χ4n) is 1.61. The average molecular weight is 246 g/mol. The molecule has 0 spiro atoms. The zero-order valence-corrected chi connectivity index (χ0v) is 10.1. The lowest BCUT2D eigenvalue weighted by Crippen LogP contribution is -2.51. The first-order valence-corrected chi connectivity index (χ1v) is 5.83. The number of nitrogens with zero attached hydrogens (tertiary/aromatic N) is 1. The molecule has 1 aliphatic heterocycles. The Kier molecular flexibility index (Phi) is 4.09. The van der Waals surface area contributed by atoms with Gasteiger partial charge < -0.3 is 10.5 Å². The van der Waals surface area contributed by atoms with Gasteiger partial charge in [-0.15, -0.1) is 0 Å². The molecule has 18 heavy (non-hydrogen) atoms. The number of carbonyl (C=O) groups excluding carboxylic acids is 1. The van der Waals surface area contributed by atoms with E-state index in [2.05, 4.69) is 16.3 Å². The molecule has 0 saturated heterocycles. The maximum absolute atomic E-state index is 11.2. The average Bonchev–Trinajstić information content (AvgIpc) is 2.39. The van der Waals surface area contributed by atoms with Crippen LogP contribution in [0.25, 0.3) is 6.08 Å². The summed E-state index contributed by atoms with van der Waals surface area (Å²) in [6.45, 7) is 1.03. The van der Waals surface area contributed by atoms with Gasteiger partial charge >= 0.3 is 0 Å². The first-order chi connectivity index (χ1) is 8.79. The molecule has 0 unspecified atom stereocenters. The number of rotatable bonds is 4. The minimum atomic E-state index is -0.126. The van der Waals surface area contributed by atoms with Gasteiger partial charge in [0, 0.05) is 11.1 Å². The van der Waals surface area contributed by atoms with Crippen molar-refractivity contribution in [2.24, 2.45) is 5.10 Å². The van der Waals surface area contributed by atoms with Gasteiger partial charge in [-0.1, -0.05) is 18.2 Å². The smallest absolute Gasteiger partial charge is 0.245 e. The lowest BCUT2D eigenvalue weighted by atomic mass is 10.1. The number of benzene rings is 1. The summed E-state index contributed by atoms with van der Waals surface area (Å²) < 4.78 is 5.56. The maximum Gasteiger partial charge on any atom is 0.245 e. The van der Waals surface area contributed by atoms with E-state index in [0.29, 0.717) is 19.6 Å². The van der Waals surface area contributed by atoms with Crippen molar-refractivity contribution in [1.82, 2.24) is 5.43 Å². The van der Waals surface area contributed by atoms with Crippen LogP contribution < -0.4 is 15.9 Å². The topological polar surface area (TPSA) is 78.3 Å². The number of fused-ring (bicyclic) bond motifs is 1. The number of quaternary nitrogens is 1. The third kappa shape index (κ3) is 3.18. The fourth-order valence-corrected chi connectivity index (χ4v) is 1.61. The second-order valence-corrected chi connectivity index (χ2v) is 3.94. The van der Waals surface area contributed by atoms with E-state index in [9.17, 15) is 4.79 Å². The first kappa shape index (κ1) is 12.3. The van der Waals surface area contributed by atoms with Crippen LogP contribution in [0.5, 0.6) is 5.75 Å². The van der Waals surface area contributed by atoms with Crippen molar-refractivity contribution in [3.8, 4) is 5.75 Å². The molecule has 2 rings (SSSR count). The molecule has 5 nitrogen and oxygen atoms in total. The number of ether oxygens (including phenoxy) is 1. The van der Waals surface area contributed by atoms with Crippen molar-refractivity contribution >= 4 is 18.2 Å². The highest BCUT2D eigenvalue weighted by atomic mass is 16.5. The van der Waals surface area contributed by atoms with E-state index in [4.69, 9.17) is 4.74 Å². The Hall–Kier alpha value is -2.14. The van der Waals surface area contributed by atoms with E-state index in [0.717, 1.165) is 16.9 Å². The molecule has 1 aromatic rings. The number of carbonyl (C=O) groups is 1. The van der Waals surface area contributed by atoms with Gasteiger partial charge in [-0.25, -0.2) is 5.43 Å². The van der Waals surface area contributed by atoms with Gasteiger partial charge in [0.1, 0.15) is 12.4 Å². The number of nitrogens with one attached hydrogen (secondary N) is 1. The Morgan fingerprint density at radius 2 is 2.33 bits per heavy atom. The van der Waals surface area contributed by atoms with Gasteiger partial charge in [0.05, 0.1) is 19.2 Å². The fraction of sp³-hybridized carbons (Fsp3) is 0.231. The molecule has 0 radical (unpaired) electrons. The van der Waals surface area contributed by atoms with Crippen molar-refractivity contribution < 1.29 is 15.3 Å². The third-order valence-electron chi connectivity index (χ3n) is 2.48. The SMILES string of the molecule is [NH3+]CCC(=O)N/N=C\C1=Cc2ccccc2OC1. The van der Waals surface area contributed by atoms with Crippen LogP contribution >= 0.6 is 0 Å². The minimum Gasteiger partial charge on any atom is -0.488 e. The predicted molar refractivity (Wildman–Crippen MR) is 68.9 cm³/mol. The van der Waals surface area contributed by atoms with Crippen molar-refractivity contribution in [3.05, 3.63) is 35.4 Å². The van der Waals surface area contributed by atoms with E-state index < -0.39 is 0 Å². The van der Waals surface area contributed by atoms with Crippen LogP contribution in [0.3, 0.4) is 0 Å². The number of hydrogen-bond acceptors (Lipinski definition) is 3. The van der Waals surface area contributed by atoms with E-state index >= 15 is 0 Å². The van der Waals surface area contributed by atoms with Gasteiger partial charge in [0.25, 0.3) is 0 Å². The molecule has 0 saturated carbocycles. The summed E-state index contributed by atoms with van der Waals surface area (Å²) in [5.74, 6) is 0.745. The molecule has 0 bridgehead atoms. The predicted octanol–water partition coefficient (Wildman–Crippen LogP) is 0.196. The van der Waals surface area contributed by atoms with Crippen LogP contribution in [0.15, 0.2) is 34.9 Å². The monoisotopic (exact) mass is 246 g/mol.